The van der Waals surface area contributed by atoms with E-state index in [1.807, 2.05) is 0 Å². The Morgan fingerprint density at radius 1 is 1.16 bits per heavy atom. The lowest BCUT2D eigenvalue weighted by Crippen LogP contribution is -2.17. The Morgan fingerprint density at radius 2 is 1.79 bits per heavy atom. The lowest BCUT2D eigenvalue weighted by molar-refractivity contribution is 0.339. The van der Waals surface area contributed by atoms with E-state index in [-0.39, 0.29) is 10.6 Å². The minimum absolute atomic E-state index is 0.0805. The zero-order valence-electron chi connectivity index (χ0n) is 10.8. The number of nitrogen functional groups attached to an aromatic ring is 1. The largest absolute Gasteiger partial charge is 0.494 e. The number of sulfone groups is 2. The van der Waals surface area contributed by atoms with Gasteiger partial charge in [-0.2, -0.15) is 0 Å². The van der Waals surface area contributed by atoms with E-state index < -0.39 is 31.2 Å². The second-order valence-electron chi connectivity index (χ2n) is 4.08. The van der Waals surface area contributed by atoms with Crippen LogP contribution >= 0.6 is 0 Å². The number of anilines is 1. The molecule has 0 aliphatic rings. The average Bonchev–Trinajstić information content (AvgIpc) is 2.29. The fourth-order valence-electron chi connectivity index (χ4n) is 1.41. The molecule has 0 aliphatic carbocycles. The Labute approximate surface area is 113 Å². The maximum atomic E-state index is 12.1. The molecule has 0 saturated carbocycles. The monoisotopic (exact) mass is 307 g/mol. The molecule has 0 bridgehead atoms. The summed E-state index contributed by atoms with van der Waals surface area (Å²) in [5, 5.41) is 0. The minimum Gasteiger partial charge on any atom is -0.494 e. The average molecular weight is 307 g/mol. The fourth-order valence-corrected chi connectivity index (χ4v) is 4.44. The first-order valence-electron chi connectivity index (χ1n) is 5.58. The van der Waals surface area contributed by atoms with Gasteiger partial charge in [0, 0.05) is 12.3 Å². The standard InChI is InChI=1S/C11H17NO5S2/c1-3-17-9-4-5-10(12)11(8-9)19(15,16)7-6-18(2,13)14/h4-5,8H,3,6-7,12H2,1-2H3. The zero-order valence-corrected chi connectivity index (χ0v) is 12.4. The van der Waals surface area contributed by atoms with Crippen LogP contribution < -0.4 is 10.5 Å². The van der Waals surface area contributed by atoms with Crippen LogP contribution in [0.3, 0.4) is 0 Å². The second-order valence-corrected chi connectivity index (χ2v) is 8.42. The quantitative estimate of drug-likeness (QED) is 0.767. The van der Waals surface area contributed by atoms with E-state index in [9.17, 15) is 16.8 Å². The molecule has 8 heteroatoms. The number of benzene rings is 1. The maximum absolute atomic E-state index is 12.1. The van der Waals surface area contributed by atoms with Gasteiger partial charge in [-0.25, -0.2) is 16.8 Å². The van der Waals surface area contributed by atoms with Gasteiger partial charge in [-0.1, -0.05) is 0 Å². The molecule has 0 radical (unpaired) electrons. The van der Waals surface area contributed by atoms with Crippen molar-refractivity contribution < 1.29 is 21.6 Å². The molecule has 0 amide bonds. The normalized spacial score (nSPS) is 12.3. The third kappa shape index (κ3) is 4.71. The number of ether oxygens (including phenoxy) is 1. The van der Waals surface area contributed by atoms with E-state index in [0.717, 1.165) is 6.26 Å². The lowest BCUT2D eigenvalue weighted by Gasteiger charge is -2.10. The fraction of sp³-hybridized carbons (Fsp3) is 0.455. The van der Waals surface area contributed by atoms with E-state index in [1.54, 1.807) is 13.0 Å². The molecule has 0 aromatic heterocycles. The third-order valence-corrected chi connectivity index (χ3v) is 5.32. The Hall–Kier alpha value is -1.28. The summed E-state index contributed by atoms with van der Waals surface area (Å²) >= 11 is 0. The highest BCUT2D eigenvalue weighted by atomic mass is 32.2. The molecule has 0 aliphatic heterocycles. The van der Waals surface area contributed by atoms with E-state index in [0.29, 0.717) is 12.4 Å². The highest BCUT2D eigenvalue weighted by Gasteiger charge is 2.20. The van der Waals surface area contributed by atoms with Gasteiger partial charge in [0.05, 0.1) is 28.7 Å². The summed E-state index contributed by atoms with van der Waals surface area (Å²) in [5.41, 5.74) is 5.71. The molecule has 0 unspecified atom stereocenters. The van der Waals surface area contributed by atoms with Gasteiger partial charge in [0.25, 0.3) is 0 Å². The van der Waals surface area contributed by atoms with Gasteiger partial charge >= 0.3 is 0 Å². The molecule has 0 spiro atoms. The van der Waals surface area contributed by atoms with Crippen molar-refractivity contribution in [2.75, 3.05) is 30.1 Å². The first-order chi connectivity index (χ1) is 8.65. The van der Waals surface area contributed by atoms with Crippen LogP contribution in [0.5, 0.6) is 5.75 Å². The van der Waals surface area contributed by atoms with Crippen LogP contribution in [0.25, 0.3) is 0 Å². The molecule has 1 aromatic carbocycles. The number of rotatable bonds is 6. The summed E-state index contributed by atoms with van der Waals surface area (Å²) in [4.78, 5) is -0.0953. The molecule has 0 heterocycles. The van der Waals surface area contributed by atoms with Crippen molar-refractivity contribution in [2.45, 2.75) is 11.8 Å². The Morgan fingerprint density at radius 3 is 2.32 bits per heavy atom. The van der Waals surface area contributed by atoms with Crippen molar-refractivity contribution in [3.05, 3.63) is 18.2 Å². The van der Waals surface area contributed by atoms with Crippen molar-refractivity contribution in [3.63, 3.8) is 0 Å². The highest BCUT2D eigenvalue weighted by Crippen LogP contribution is 2.25. The smallest absolute Gasteiger partial charge is 0.181 e. The van der Waals surface area contributed by atoms with Gasteiger partial charge in [0.1, 0.15) is 15.6 Å². The Bertz CT molecular complexity index is 650. The summed E-state index contributed by atoms with van der Waals surface area (Å²) in [6.07, 6.45) is 0.989. The summed E-state index contributed by atoms with van der Waals surface area (Å²) in [6.45, 7) is 2.17. The van der Waals surface area contributed by atoms with Gasteiger partial charge in [0.2, 0.25) is 0 Å². The van der Waals surface area contributed by atoms with Crippen LogP contribution in [-0.2, 0) is 19.7 Å². The molecule has 1 rings (SSSR count). The van der Waals surface area contributed by atoms with E-state index in [1.165, 1.54) is 12.1 Å². The molecule has 1 aromatic rings. The lowest BCUT2D eigenvalue weighted by atomic mass is 10.3. The van der Waals surface area contributed by atoms with Gasteiger partial charge < -0.3 is 10.5 Å². The summed E-state index contributed by atoms with van der Waals surface area (Å²) in [7, 11) is -7.10. The Kier molecular flexibility index (Phi) is 4.81. The first kappa shape index (κ1) is 15.8. The van der Waals surface area contributed by atoms with Crippen molar-refractivity contribution >= 4 is 25.4 Å². The molecule has 0 atom stereocenters. The maximum Gasteiger partial charge on any atom is 0.181 e. The van der Waals surface area contributed by atoms with Crippen LogP contribution in [0.4, 0.5) is 5.69 Å². The SMILES string of the molecule is CCOc1ccc(N)c(S(=O)(=O)CCS(C)(=O)=O)c1. The van der Waals surface area contributed by atoms with E-state index >= 15 is 0 Å². The van der Waals surface area contributed by atoms with Crippen molar-refractivity contribution in [3.8, 4) is 5.75 Å². The van der Waals surface area contributed by atoms with Gasteiger partial charge in [-0.05, 0) is 19.1 Å². The van der Waals surface area contributed by atoms with Crippen LogP contribution in [0.2, 0.25) is 0 Å². The molecule has 0 saturated heterocycles. The van der Waals surface area contributed by atoms with Crippen LogP contribution in [0.1, 0.15) is 6.92 Å². The predicted molar refractivity (Wildman–Crippen MR) is 73.8 cm³/mol. The van der Waals surface area contributed by atoms with E-state index in [2.05, 4.69) is 0 Å². The van der Waals surface area contributed by atoms with Crippen LogP contribution in [0, 0.1) is 0 Å². The van der Waals surface area contributed by atoms with Crippen LogP contribution in [0.15, 0.2) is 23.1 Å². The summed E-state index contributed by atoms with van der Waals surface area (Å²) in [6, 6.07) is 4.31. The zero-order chi connectivity index (χ0) is 14.7. The summed E-state index contributed by atoms with van der Waals surface area (Å²) in [5.74, 6) is -0.547. The van der Waals surface area contributed by atoms with Crippen LogP contribution in [-0.4, -0.2) is 41.2 Å². The van der Waals surface area contributed by atoms with Crippen molar-refractivity contribution in [1.29, 1.82) is 0 Å². The highest BCUT2D eigenvalue weighted by molar-refractivity contribution is 7.94. The summed E-state index contributed by atoms with van der Waals surface area (Å²) < 4.78 is 51.4. The minimum atomic E-state index is -3.75. The van der Waals surface area contributed by atoms with Gasteiger partial charge in [-0.15, -0.1) is 0 Å². The Balaban J connectivity index is 3.09. The van der Waals surface area contributed by atoms with E-state index in [4.69, 9.17) is 10.5 Å². The number of hydrogen-bond acceptors (Lipinski definition) is 6. The van der Waals surface area contributed by atoms with Gasteiger partial charge in [0.15, 0.2) is 9.84 Å². The van der Waals surface area contributed by atoms with Gasteiger partial charge in [-0.3, -0.25) is 0 Å². The molecular weight excluding hydrogens is 290 g/mol. The topological polar surface area (TPSA) is 104 Å². The molecule has 2 N–H and O–H groups in total. The predicted octanol–water partition coefficient (Wildman–Crippen LogP) is 0.486. The molecule has 108 valence electrons. The molecule has 6 nitrogen and oxygen atoms in total. The number of nitrogens with two attached hydrogens (primary N) is 1. The third-order valence-electron chi connectivity index (χ3n) is 2.35. The van der Waals surface area contributed by atoms with Crippen molar-refractivity contribution in [1.82, 2.24) is 0 Å². The van der Waals surface area contributed by atoms with Crippen molar-refractivity contribution in [2.24, 2.45) is 0 Å². The molecule has 19 heavy (non-hydrogen) atoms. The molecule has 0 fully saturated rings. The second kappa shape index (κ2) is 5.79. The molecular formula is C11H17NO5S2. The number of hydrogen-bond donors (Lipinski definition) is 1. The first-order valence-corrected chi connectivity index (χ1v) is 9.30.